The minimum atomic E-state index is -0.333. The Morgan fingerprint density at radius 1 is 1.67 bits per heavy atom. The van der Waals surface area contributed by atoms with Crippen molar-refractivity contribution in [3.63, 3.8) is 0 Å². The van der Waals surface area contributed by atoms with E-state index in [2.05, 4.69) is 27.5 Å². The number of carbonyl (C=O) groups excluding carboxylic acids is 1. The fraction of sp³-hybridized carbons (Fsp3) is 0.583. The Morgan fingerprint density at radius 3 is 3.11 bits per heavy atom. The molecule has 0 spiro atoms. The molecule has 2 N–H and O–H groups in total. The van der Waals surface area contributed by atoms with Crippen LogP contribution >= 0.6 is 11.6 Å². The molecule has 0 aromatic carbocycles. The highest BCUT2D eigenvalue weighted by molar-refractivity contribution is 6.29. The molecule has 1 aromatic rings. The highest BCUT2D eigenvalue weighted by Gasteiger charge is 2.40. The number of aromatic nitrogens is 2. The van der Waals surface area contributed by atoms with E-state index in [0.29, 0.717) is 11.7 Å². The van der Waals surface area contributed by atoms with Crippen molar-refractivity contribution < 1.29 is 4.79 Å². The zero-order valence-corrected chi connectivity index (χ0v) is 11.1. The lowest BCUT2D eigenvalue weighted by Gasteiger charge is -2.25. The molecule has 0 saturated carbocycles. The van der Waals surface area contributed by atoms with Gasteiger partial charge in [0.05, 0.1) is 5.41 Å². The van der Waals surface area contributed by atoms with Crippen molar-refractivity contribution in [2.45, 2.75) is 26.2 Å². The van der Waals surface area contributed by atoms with Gasteiger partial charge in [0.2, 0.25) is 11.9 Å². The van der Waals surface area contributed by atoms with Crippen molar-refractivity contribution >= 4 is 23.5 Å². The van der Waals surface area contributed by atoms with Gasteiger partial charge in [-0.25, -0.2) is 9.97 Å². The van der Waals surface area contributed by atoms with Crippen LogP contribution in [0.1, 0.15) is 26.2 Å². The maximum absolute atomic E-state index is 12.4. The molecule has 1 saturated heterocycles. The fourth-order valence-corrected chi connectivity index (χ4v) is 2.51. The molecule has 0 bridgehead atoms. The van der Waals surface area contributed by atoms with Gasteiger partial charge in [0.25, 0.3) is 0 Å². The Balaban J connectivity index is 2.10. The fourth-order valence-electron chi connectivity index (χ4n) is 2.37. The molecule has 1 unspecified atom stereocenters. The van der Waals surface area contributed by atoms with E-state index in [1.807, 2.05) is 0 Å². The van der Waals surface area contributed by atoms with Gasteiger partial charge in [-0.15, -0.1) is 0 Å². The summed E-state index contributed by atoms with van der Waals surface area (Å²) in [4.78, 5) is 20.3. The van der Waals surface area contributed by atoms with Crippen molar-refractivity contribution in [1.82, 2.24) is 15.3 Å². The first-order chi connectivity index (χ1) is 8.66. The molecule has 2 heterocycles. The first kappa shape index (κ1) is 13.2. The number of nitrogens with zero attached hydrogens (tertiary/aromatic N) is 2. The number of carbonyl (C=O) groups is 1. The first-order valence-electron chi connectivity index (χ1n) is 6.17. The van der Waals surface area contributed by atoms with Gasteiger partial charge < -0.3 is 5.32 Å². The maximum atomic E-state index is 12.4. The van der Waals surface area contributed by atoms with Crippen LogP contribution in [0.15, 0.2) is 12.3 Å². The summed E-state index contributed by atoms with van der Waals surface area (Å²) in [5, 5.41) is 6.34. The van der Waals surface area contributed by atoms with Crippen LogP contribution in [0.2, 0.25) is 5.15 Å². The highest BCUT2D eigenvalue weighted by atomic mass is 35.5. The first-order valence-corrected chi connectivity index (χ1v) is 6.55. The van der Waals surface area contributed by atoms with E-state index in [9.17, 15) is 4.79 Å². The minimum absolute atomic E-state index is 0.0170. The molecule has 6 heteroatoms. The standard InChI is InChI=1S/C12H17ClN4O/c1-2-4-12(5-7-14-8-12)10(18)17-11-15-6-3-9(13)16-11/h3,6,14H,2,4-5,7-8H2,1H3,(H,15,16,17,18). The van der Waals surface area contributed by atoms with Crippen molar-refractivity contribution in [3.05, 3.63) is 17.4 Å². The average Bonchev–Trinajstić information content (AvgIpc) is 2.79. The summed E-state index contributed by atoms with van der Waals surface area (Å²) in [7, 11) is 0. The molecule has 1 atom stereocenters. The third kappa shape index (κ3) is 2.79. The van der Waals surface area contributed by atoms with E-state index in [1.54, 1.807) is 6.07 Å². The number of hydrogen-bond acceptors (Lipinski definition) is 4. The number of anilines is 1. The van der Waals surface area contributed by atoms with E-state index >= 15 is 0 Å². The summed E-state index contributed by atoms with van der Waals surface area (Å²) in [6.07, 6.45) is 4.23. The number of rotatable bonds is 4. The monoisotopic (exact) mass is 268 g/mol. The number of halogens is 1. The molecule has 5 nitrogen and oxygen atoms in total. The number of amides is 1. The summed E-state index contributed by atoms with van der Waals surface area (Å²) in [5.74, 6) is 0.256. The summed E-state index contributed by atoms with van der Waals surface area (Å²) in [6.45, 7) is 3.68. The predicted molar refractivity (Wildman–Crippen MR) is 70.5 cm³/mol. The Labute approximate surface area is 111 Å². The predicted octanol–water partition coefficient (Wildman–Crippen LogP) is 1.85. The van der Waals surface area contributed by atoms with Crippen molar-refractivity contribution in [2.75, 3.05) is 18.4 Å². The average molecular weight is 269 g/mol. The smallest absolute Gasteiger partial charge is 0.234 e. The quantitative estimate of drug-likeness (QED) is 0.818. The molecular formula is C12H17ClN4O. The van der Waals surface area contributed by atoms with Crippen molar-refractivity contribution in [1.29, 1.82) is 0 Å². The second-order valence-electron chi connectivity index (χ2n) is 4.61. The summed E-state index contributed by atoms with van der Waals surface area (Å²) in [5.41, 5.74) is -0.333. The van der Waals surface area contributed by atoms with Gasteiger partial charge in [0.1, 0.15) is 5.15 Å². The van der Waals surface area contributed by atoms with E-state index < -0.39 is 0 Å². The molecule has 1 aromatic heterocycles. The largest absolute Gasteiger partial charge is 0.316 e. The van der Waals surface area contributed by atoms with Crippen molar-refractivity contribution in [3.8, 4) is 0 Å². The lowest BCUT2D eigenvalue weighted by Crippen LogP contribution is -2.38. The Morgan fingerprint density at radius 2 is 2.50 bits per heavy atom. The van der Waals surface area contributed by atoms with Crippen LogP contribution in [0.3, 0.4) is 0 Å². The molecule has 1 amide bonds. The van der Waals surface area contributed by atoms with Crippen LogP contribution in [0.25, 0.3) is 0 Å². The van der Waals surface area contributed by atoms with Gasteiger partial charge in [-0.05, 0) is 25.5 Å². The van der Waals surface area contributed by atoms with E-state index in [0.717, 1.165) is 25.8 Å². The van der Waals surface area contributed by atoms with Crippen LogP contribution in [0.5, 0.6) is 0 Å². The van der Waals surface area contributed by atoms with Gasteiger partial charge in [0.15, 0.2) is 0 Å². The molecule has 2 rings (SSSR count). The molecule has 1 fully saturated rings. The van der Waals surface area contributed by atoms with E-state index in [1.165, 1.54) is 6.20 Å². The van der Waals surface area contributed by atoms with Crippen LogP contribution in [0.4, 0.5) is 5.95 Å². The zero-order valence-electron chi connectivity index (χ0n) is 10.4. The van der Waals surface area contributed by atoms with Crippen molar-refractivity contribution in [2.24, 2.45) is 5.41 Å². The lowest BCUT2D eigenvalue weighted by molar-refractivity contribution is -0.125. The highest BCUT2D eigenvalue weighted by Crippen LogP contribution is 2.32. The summed E-state index contributed by atoms with van der Waals surface area (Å²) in [6, 6.07) is 1.58. The molecule has 0 aliphatic carbocycles. The van der Waals surface area contributed by atoms with Gasteiger partial charge >= 0.3 is 0 Å². The molecule has 0 radical (unpaired) electrons. The molecule has 98 valence electrons. The van der Waals surface area contributed by atoms with Gasteiger partial charge in [0, 0.05) is 12.7 Å². The Bertz CT molecular complexity index is 432. The zero-order chi connectivity index (χ0) is 13.0. The van der Waals surface area contributed by atoms with Gasteiger partial charge in [-0.1, -0.05) is 24.9 Å². The van der Waals surface area contributed by atoms with Crippen LogP contribution < -0.4 is 10.6 Å². The Hall–Kier alpha value is -1.20. The van der Waals surface area contributed by atoms with Crippen LogP contribution in [0, 0.1) is 5.41 Å². The second-order valence-corrected chi connectivity index (χ2v) is 5.00. The molecule has 1 aliphatic heterocycles. The van der Waals surface area contributed by atoms with Crippen LogP contribution in [-0.4, -0.2) is 29.0 Å². The lowest BCUT2D eigenvalue weighted by atomic mass is 9.81. The summed E-state index contributed by atoms with van der Waals surface area (Å²) < 4.78 is 0. The van der Waals surface area contributed by atoms with E-state index in [4.69, 9.17) is 11.6 Å². The van der Waals surface area contributed by atoms with E-state index in [-0.39, 0.29) is 17.3 Å². The molecular weight excluding hydrogens is 252 g/mol. The van der Waals surface area contributed by atoms with Crippen LogP contribution in [-0.2, 0) is 4.79 Å². The maximum Gasteiger partial charge on any atom is 0.234 e. The molecule has 18 heavy (non-hydrogen) atoms. The van der Waals surface area contributed by atoms with Gasteiger partial charge in [-0.3, -0.25) is 10.1 Å². The third-order valence-corrected chi connectivity index (χ3v) is 3.51. The second kappa shape index (κ2) is 5.63. The Kier molecular flexibility index (Phi) is 4.14. The SMILES string of the molecule is CCCC1(C(=O)Nc2nccc(Cl)n2)CCNC1. The molecule has 1 aliphatic rings. The number of nitrogens with one attached hydrogen (secondary N) is 2. The minimum Gasteiger partial charge on any atom is -0.316 e. The topological polar surface area (TPSA) is 66.9 Å². The number of hydrogen-bond donors (Lipinski definition) is 2. The third-order valence-electron chi connectivity index (χ3n) is 3.30. The summed E-state index contributed by atoms with van der Waals surface area (Å²) >= 11 is 5.77. The van der Waals surface area contributed by atoms with Gasteiger partial charge in [-0.2, -0.15) is 0 Å². The normalized spacial score (nSPS) is 23.0.